The van der Waals surface area contributed by atoms with E-state index in [4.69, 9.17) is 0 Å². The van der Waals surface area contributed by atoms with Gasteiger partial charge in [0.25, 0.3) is 0 Å². The van der Waals surface area contributed by atoms with Gasteiger partial charge in [-0.3, -0.25) is 0 Å². The minimum Gasteiger partial charge on any atom is -0.309 e. The van der Waals surface area contributed by atoms with Gasteiger partial charge in [0.15, 0.2) is 0 Å². The Morgan fingerprint density at radius 1 is 0.230 bits per heavy atom. The Kier molecular flexibility index (Phi) is 11.3. The van der Waals surface area contributed by atoms with E-state index in [1.54, 1.807) is 0 Å². The molecule has 0 amide bonds. The lowest BCUT2D eigenvalue weighted by Crippen LogP contribution is -2.12. The summed E-state index contributed by atoms with van der Waals surface area (Å²) in [5, 5.41) is 1.03. The third-order valence-corrected chi connectivity index (χ3v) is 12.6. The van der Waals surface area contributed by atoms with Crippen molar-refractivity contribution in [1.82, 2.24) is 9.13 Å². The third-order valence-electron chi connectivity index (χ3n) is 12.6. The van der Waals surface area contributed by atoms with E-state index >= 15 is 26.3 Å². The molecular formula is C54H26F18N2. The summed E-state index contributed by atoms with van der Waals surface area (Å²) in [5.74, 6) is 0. The molecule has 0 fully saturated rings. The summed E-state index contributed by atoms with van der Waals surface area (Å²) in [5.41, 5.74) is -12.5. The molecule has 0 aliphatic rings. The smallest absolute Gasteiger partial charge is 0.309 e. The lowest BCUT2D eigenvalue weighted by atomic mass is 9.97. The topological polar surface area (TPSA) is 9.86 Å². The molecule has 8 aromatic carbocycles. The number of alkyl halides is 18. The molecule has 2 heterocycles. The fourth-order valence-corrected chi connectivity index (χ4v) is 9.33. The molecule has 2 aromatic heterocycles. The van der Waals surface area contributed by atoms with Crippen LogP contribution in [0.5, 0.6) is 0 Å². The summed E-state index contributed by atoms with van der Waals surface area (Å²) < 4.78 is 261. The number of hydrogen-bond acceptors (Lipinski definition) is 0. The number of para-hydroxylation sites is 2. The van der Waals surface area contributed by atoms with Crippen LogP contribution in [-0.4, -0.2) is 9.13 Å². The number of halogens is 18. The molecule has 74 heavy (non-hydrogen) atoms. The van der Waals surface area contributed by atoms with Crippen molar-refractivity contribution in [3.63, 3.8) is 0 Å². The van der Waals surface area contributed by atoms with Crippen molar-refractivity contribution in [3.05, 3.63) is 191 Å². The maximum absolute atomic E-state index is 15.2. The van der Waals surface area contributed by atoms with E-state index in [-0.39, 0.29) is 67.2 Å². The monoisotopic (exact) mass is 1040 g/mol. The summed E-state index contributed by atoms with van der Waals surface area (Å²) >= 11 is 0. The number of fused-ring (bicyclic) bond motifs is 6. The first-order valence-electron chi connectivity index (χ1n) is 21.6. The van der Waals surface area contributed by atoms with Gasteiger partial charge in [-0.05, 0) is 118 Å². The largest absolute Gasteiger partial charge is 0.418 e. The molecule has 0 atom stereocenters. The molecule has 0 saturated heterocycles. The average Bonchev–Trinajstić information content (AvgIpc) is 3.83. The molecule has 20 heteroatoms. The van der Waals surface area contributed by atoms with E-state index in [2.05, 4.69) is 0 Å². The maximum atomic E-state index is 15.2. The van der Waals surface area contributed by atoms with Crippen molar-refractivity contribution < 1.29 is 79.0 Å². The average molecular weight is 1040 g/mol. The Morgan fingerprint density at radius 2 is 0.514 bits per heavy atom. The molecule has 0 bridgehead atoms. The second-order valence-electron chi connectivity index (χ2n) is 17.2. The van der Waals surface area contributed by atoms with Gasteiger partial charge in [0.2, 0.25) is 0 Å². The van der Waals surface area contributed by atoms with E-state index in [0.29, 0.717) is 47.2 Å². The second-order valence-corrected chi connectivity index (χ2v) is 17.2. The molecule has 0 aliphatic heterocycles. The molecular weight excluding hydrogens is 1020 g/mol. The van der Waals surface area contributed by atoms with Crippen LogP contribution in [0, 0.1) is 0 Å². The number of benzene rings is 8. The predicted molar refractivity (Wildman–Crippen MR) is 241 cm³/mol. The molecule has 10 rings (SSSR count). The Bertz CT molecular complexity index is 3560. The lowest BCUT2D eigenvalue weighted by molar-refractivity contribution is -0.144. The molecule has 0 spiro atoms. The van der Waals surface area contributed by atoms with Crippen molar-refractivity contribution in [1.29, 1.82) is 0 Å². The fourth-order valence-electron chi connectivity index (χ4n) is 9.33. The zero-order valence-corrected chi connectivity index (χ0v) is 36.7. The molecule has 378 valence electrons. The number of nitrogens with zero attached hydrogens (tertiary/aromatic N) is 2. The van der Waals surface area contributed by atoms with Crippen molar-refractivity contribution in [3.8, 4) is 44.8 Å². The minimum atomic E-state index is -5.24. The zero-order valence-electron chi connectivity index (χ0n) is 36.7. The third kappa shape index (κ3) is 8.82. The van der Waals surface area contributed by atoms with E-state index in [9.17, 15) is 52.7 Å². The lowest BCUT2D eigenvalue weighted by Gasteiger charge is -2.20. The first-order valence-corrected chi connectivity index (χ1v) is 21.6. The van der Waals surface area contributed by atoms with Gasteiger partial charge in [0.1, 0.15) is 0 Å². The van der Waals surface area contributed by atoms with Crippen LogP contribution in [0.2, 0.25) is 0 Å². The normalized spacial score (nSPS) is 13.3. The highest BCUT2D eigenvalue weighted by Crippen LogP contribution is 2.47. The minimum absolute atomic E-state index is 0.0813. The summed E-state index contributed by atoms with van der Waals surface area (Å²) in [6, 6.07) is 26.0. The summed E-state index contributed by atoms with van der Waals surface area (Å²) in [4.78, 5) is 0. The first-order chi connectivity index (χ1) is 34.5. The Morgan fingerprint density at radius 3 is 0.824 bits per heavy atom. The second kappa shape index (κ2) is 16.8. The molecule has 0 radical (unpaired) electrons. The van der Waals surface area contributed by atoms with Crippen LogP contribution in [0.3, 0.4) is 0 Å². The van der Waals surface area contributed by atoms with Gasteiger partial charge in [-0.1, -0.05) is 72.8 Å². The van der Waals surface area contributed by atoms with Gasteiger partial charge in [-0.2, -0.15) is 79.0 Å². The number of hydrogen-bond donors (Lipinski definition) is 0. The maximum Gasteiger partial charge on any atom is 0.418 e. The molecule has 0 unspecified atom stereocenters. The Hall–Kier alpha value is -7.90. The van der Waals surface area contributed by atoms with E-state index in [1.165, 1.54) is 72.8 Å². The first kappa shape index (κ1) is 49.7. The summed E-state index contributed by atoms with van der Waals surface area (Å²) in [6.45, 7) is 0. The van der Waals surface area contributed by atoms with Crippen LogP contribution in [0.25, 0.3) is 88.4 Å². The zero-order chi connectivity index (χ0) is 53.2. The summed E-state index contributed by atoms with van der Waals surface area (Å²) in [7, 11) is 0. The quantitative estimate of drug-likeness (QED) is 0.152. The Balaban J connectivity index is 1.21. The van der Waals surface area contributed by atoms with Crippen molar-refractivity contribution in [2.75, 3.05) is 0 Å². The van der Waals surface area contributed by atoms with Gasteiger partial charge in [-0.15, -0.1) is 0 Å². The highest BCUT2D eigenvalue weighted by molar-refractivity contribution is 6.11. The highest BCUT2D eigenvalue weighted by Gasteiger charge is 2.40. The van der Waals surface area contributed by atoms with Crippen molar-refractivity contribution in [2.45, 2.75) is 37.1 Å². The standard InChI is InChI=1S/C54H26F18N2/c55-49(56,57)33-17-31(18-34(25-33)50(58,59)60)29-9-13-39-37-5-1-3-7-43(37)73(45(39)21-29)47-23-27(11-15-41(47)53(67,68)69)28-12-16-42(54(70,71)72)48(24-28)74-44-8-4-2-6-38(44)40-14-10-30(22-46(40)74)32-19-35(51(61,62)63)26-36(20-32)52(64,65)66/h1-26H. The predicted octanol–water partition coefficient (Wildman–Crippen LogP) is 19.0. The van der Waals surface area contributed by atoms with Gasteiger partial charge in [0.05, 0.1) is 66.8 Å². The van der Waals surface area contributed by atoms with Gasteiger partial charge in [0, 0.05) is 21.5 Å². The van der Waals surface area contributed by atoms with Crippen LogP contribution in [0.1, 0.15) is 33.4 Å². The van der Waals surface area contributed by atoms with E-state index in [0.717, 1.165) is 45.5 Å². The van der Waals surface area contributed by atoms with Crippen LogP contribution < -0.4 is 0 Å². The highest BCUT2D eigenvalue weighted by atomic mass is 19.4. The molecule has 0 aliphatic carbocycles. The van der Waals surface area contributed by atoms with Crippen LogP contribution >= 0.6 is 0 Å². The fraction of sp³-hybridized carbons (Fsp3) is 0.111. The number of aromatic nitrogens is 2. The van der Waals surface area contributed by atoms with E-state index in [1.807, 2.05) is 0 Å². The van der Waals surface area contributed by atoms with Crippen molar-refractivity contribution in [2.24, 2.45) is 0 Å². The molecule has 0 saturated carbocycles. The molecule has 0 N–H and O–H groups in total. The van der Waals surface area contributed by atoms with E-state index < -0.39 is 92.9 Å². The van der Waals surface area contributed by atoms with Gasteiger partial charge >= 0.3 is 37.1 Å². The van der Waals surface area contributed by atoms with Crippen molar-refractivity contribution >= 4 is 43.6 Å². The van der Waals surface area contributed by atoms with Crippen LogP contribution in [-0.2, 0) is 37.1 Å². The summed E-state index contributed by atoms with van der Waals surface area (Å²) in [6.07, 6.45) is -31.3. The molecule has 2 nitrogen and oxygen atoms in total. The number of rotatable bonds is 5. The van der Waals surface area contributed by atoms with Crippen LogP contribution in [0.4, 0.5) is 79.0 Å². The van der Waals surface area contributed by atoms with Crippen LogP contribution in [0.15, 0.2) is 158 Å². The molecule has 10 aromatic rings. The SMILES string of the molecule is FC(F)(F)c1cc(-c2ccc3c4ccccc4n(-c4cc(-c5ccc(C(F)(F)F)c(-n6c7ccccc7c7ccc(-c8cc(C(F)(F)F)cc(C(F)(F)F)c8)cc76)c5)ccc4C(F)(F)F)c3c2)cc(C(F)(F)F)c1. The van der Waals surface area contributed by atoms with Gasteiger partial charge in [-0.25, -0.2) is 0 Å². The van der Waals surface area contributed by atoms with Gasteiger partial charge < -0.3 is 9.13 Å². The Labute approximate surface area is 403 Å².